The van der Waals surface area contributed by atoms with E-state index in [4.69, 9.17) is 13.9 Å². The van der Waals surface area contributed by atoms with Gasteiger partial charge in [0.15, 0.2) is 5.76 Å². The second kappa shape index (κ2) is 9.98. The molecule has 31 heavy (non-hydrogen) atoms. The highest BCUT2D eigenvalue weighted by atomic mass is 16.5. The smallest absolute Gasteiger partial charge is 0.289 e. The van der Waals surface area contributed by atoms with Gasteiger partial charge in [-0.25, -0.2) is 0 Å². The highest BCUT2D eigenvalue weighted by molar-refractivity contribution is 5.94. The third kappa shape index (κ3) is 5.26. The van der Waals surface area contributed by atoms with Crippen molar-refractivity contribution < 1.29 is 23.5 Å². The summed E-state index contributed by atoms with van der Waals surface area (Å²) in [4.78, 5) is 31.5. The van der Waals surface area contributed by atoms with Gasteiger partial charge in [-0.3, -0.25) is 14.5 Å². The molecule has 166 valence electrons. The maximum atomic E-state index is 12.9. The Morgan fingerprint density at radius 1 is 1.00 bits per heavy atom. The van der Waals surface area contributed by atoms with Crippen LogP contribution in [0, 0.1) is 0 Å². The number of carbonyl (C=O) groups is 2. The Hall–Kier alpha value is -2.84. The van der Waals surface area contributed by atoms with Gasteiger partial charge in [0, 0.05) is 44.8 Å². The third-order valence-electron chi connectivity index (χ3n) is 5.83. The molecule has 8 nitrogen and oxygen atoms in total. The molecule has 3 heterocycles. The third-order valence-corrected chi connectivity index (χ3v) is 5.83. The second-order valence-corrected chi connectivity index (χ2v) is 7.90. The van der Waals surface area contributed by atoms with E-state index < -0.39 is 0 Å². The summed E-state index contributed by atoms with van der Waals surface area (Å²) in [7, 11) is 1.61. The summed E-state index contributed by atoms with van der Waals surface area (Å²) in [5.74, 6) is 1.08. The van der Waals surface area contributed by atoms with E-state index in [1.54, 1.807) is 43.5 Å². The van der Waals surface area contributed by atoms with Crippen LogP contribution in [-0.2, 0) is 4.74 Å². The average Bonchev–Trinajstić information content (AvgIpc) is 3.25. The number of methoxy groups -OCH3 is 1. The van der Waals surface area contributed by atoms with Crippen molar-refractivity contribution >= 4 is 11.8 Å². The highest BCUT2D eigenvalue weighted by Crippen LogP contribution is 2.16. The van der Waals surface area contributed by atoms with E-state index in [2.05, 4.69) is 4.90 Å². The molecule has 1 aromatic heterocycles. The maximum Gasteiger partial charge on any atom is 0.289 e. The van der Waals surface area contributed by atoms with Crippen molar-refractivity contribution in [3.8, 4) is 5.75 Å². The first-order valence-electron chi connectivity index (χ1n) is 10.7. The lowest BCUT2D eigenvalue weighted by Crippen LogP contribution is -2.50. The number of ether oxygens (including phenoxy) is 2. The van der Waals surface area contributed by atoms with Gasteiger partial charge < -0.3 is 23.7 Å². The van der Waals surface area contributed by atoms with Crippen molar-refractivity contribution in [2.75, 3.05) is 59.5 Å². The molecule has 2 saturated heterocycles. The van der Waals surface area contributed by atoms with Crippen LogP contribution >= 0.6 is 0 Å². The molecule has 2 aliphatic rings. The molecule has 0 spiro atoms. The quantitative estimate of drug-likeness (QED) is 0.726. The minimum Gasteiger partial charge on any atom is -0.497 e. The molecular formula is C23H29N3O5. The molecule has 1 aromatic carbocycles. The summed E-state index contributed by atoms with van der Waals surface area (Å²) in [6.45, 7) is 5.47. The van der Waals surface area contributed by atoms with Gasteiger partial charge in [-0.2, -0.15) is 0 Å². The van der Waals surface area contributed by atoms with Crippen LogP contribution in [-0.4, -0.2) is 92.1 Å². The predicted octanol–water partition coefficient (Wildman–Crippen LogP) is 1.98. The number of morpholine rings is 1. The molecule has 8 heteroatoms. The van der Waals surface area contributed by atoms with E-state index in [9.17, 15) is 9.59 Å². The van der Waals surface area contributed by atoms with E-state index in [0.717, 1.165) is 31.8 Å². The molecule has 0 N–H and O–H groups in total. The maximum absolute atomic E-state index is 12.9. The Kier molecular flexibility index (Phi) is 6.89. The number of rotatable bonds is 5. The summed E-state index contributed by atoms with van der Waals surface area (Å²) < 4.78 is 16.4. The Morgan fingerprint density at radius 2 is 1.84 bits per heavy atom. The van der Waals surface area contributed by atoms with Crippen molar-refractivity contribution in [3.63, 3.8) is 0 Å². The standard InChI is InChI=1S/C23H29N3O5/c1-29-19-7-5-18(6-8-19)22(27)26-13-15-30-20(17-26)16-24-9-3-10-25(12-11-24)23(28)21-4-2-14-31-21/h2,4-8,14,20H,3,9-13,15-17H2,1H3. The Labute approximate surface area is 182 Å². The number of amides is 2. The van der Waals surface area contributed by atoms with Gasteiger partial charge in [0.25, 0.3) is 11.8 Å². The largest absolute Gasteiger partial charge is 0.497 e. The zero-order chi connectivity index (χ0) is 21.6. The number of furan rings is 1. The fraction of sp³-hybridized carbons (Fsp3) is 0.478. The van der Waals surface area contributed by atoms with E-state index in [-0.39, 0.29) is 17.9 Å². The van der Waals surface area contributed by atoms with Crippen molar-refractivity contribution in [2.24, 2.45) is 0 Å². The summed E-state index contributed by atoms with van der Waals surface area (Å²) in [5, 5.41) is 0. The van der Waals surface area contributed by atoms with Crippen LogP contribution in [0.4, 0.5) is 0 Å². The Morgan fingerprint density at radius 3 is 2.58 bits per heavy atom. The van der Waals surface area contributed by atoms with Gasteiger partial charge in [0.2, 0.25) is 0 Å². The topological polar surface area (TPSA) is 75.5 Å². The molecule has 0 radical (unpaired) electrons. The molecule has 2 fully saturated rings. The summed E-state index contributed by atoms with van der Waals surface area (Å²) in [6, 6.07) is 10.6. The summed E-state index contributed by atoms with van der Waals surface area (Å²) in [5.41, 5.74) is 0.656. The molecule has 0 aliphatic carbocycles. The lowest BCUT2D eigenvalue weighted by molar-refractivity contribution is -0.0353. The number of hydrogen-bond acceptors (Lipinski definition) is 6. The van der Waals surface area contributed by atoms with Gasteiger partial charge in [-0.1, -0.05) is 0 Å². The molecule has 0 saturated carbocycles. The van der Waals surface area contributed by atoms with Crippen LogP contribution in [0.25, 0.3) is 0 Å². The minimum absolute atomic E-state index is 0.0158. The first-order valence-corrected chi connectivity index (χ1v) is 10.7. The van der Waals surface area contributed by atoms with E-state index in [1.165, 1.54) is 6.26 Å². The number of carbonyl (C=O) groups excluding carboxylic acids is 2. The minimum atomic E-state index is -0.0583. The highest BCUT2D eigenvalue weighted by Gasteiger charge is 2.28. The summed E-state index contributed by atoms with van der Waals surface area (Å²) in [6.07, 6.45) is 2.38. The van der Waals surface area contributed by atoms with Gasteiger partial charge in [-0.15, -0.1) is 0 Å². The lowest BCUT2D eigenvalue weighted by atomic mass is 10.1. The van der Waals surface area contributed by atoms with Crippen LogP contribution in [0.3, 0.4) is 0 Å². The van der Waals surface area contributed by atoms with Crippen LogP contribution in [0.1, 0.15) is 27.3 Å². The fourth-order valence-corrected chi connectivity index (χ4v) is 4.13. The van der Waals surface area contributed by atoms with E-state index >= 15 is 0 Å². The second-order valence-electron chi connectivity index (χ2n) is 7.90. The number of benzene rings is 1. The first-order chi connectivity index (χ1) is 15.1. The van der Waals surface area contributed by atoms with Crippen LogP contribution < -0.4 is 4.74 Å². The van der Waals surface area contributed by atoms with Gasteiger partial charge in [0.05, 0.1) is 26.1 Å². The van der Waals surface area contributed by atoms with Gasteiger partial charge in [0.1, 0.15) is 5.75 Å². The predicted molar refractivity (Wildman–Crippen MR) is 114 cm³/mol. The van der Waals surface area contributed by atoms with Crippen LogP contribution in [0.2, 0.25) is 0 Å². The molecule has 1 unspecified atom stereocenters. The van der Waals surface area contributed by atoms with Crippen molar-refractivity contribution in [1.82, 2.24) is 14.7 Å². The molecule has 1 atom stereocenters. The molecule has 0 bridgehead atoms. The monoisotopic (exact) mass is 427 g/mol. The summed E-state index contributed by atoms with van der Waals surface area (Å²) >= 11 is 0. The lowest BCUT2D eigenvalue weighted by Gasteiger charge is -2.35. The van der Waals surface area contributed by atoms with Crippen molar-refractivity contribution in [3.05, 3.63) is 54.0 Å². The normalized spacial score (nSPS) is 20.4. The number of nitrogens with zero attached hydrogens (tertiary/aromatic N) is 3. The zero-order valence-electron chi connectivity index (χ0n) is 17.9. The SMILES string of the molecule is COc1ccc(C(=O)N2CCOC(CN3CCCN(C(=O)c4ccco4)CC3)C2)cc1. The van der Waals surface area contributed by atoms with E-state index in [1.807, 2.05) is 9.80 Å². The van der Waals surface area contributed by atoms with Crippen molar-refractivity contribution in [2.45, 2.75) is 12.5 Å². The molecule has 2 aliphatic heterocycles. The molecule has 2 aromatic rings. The number of hydrogen-bond donors (Lipinski definition) is 0. The van der Waals surface area contributed by atoms with Crippen LogP contribution in [0.15, 0.2) is 47.1 Å². The molecule has 4 rings (SSSR count). The van der Waals surface area contributed by atoms with Gasteiger partial charge >= 0.3 is 0 Å². The Balaban J connectivity index is 1.30. The molecular weight excluding hydrogens is 398 g/mol. The van der Waals surface area contributed by atoms with Gasteiger partial charge in [-0.05, 0) is 49.4 Å². The van der Waals surface area contributed by atoms with E-state index in [0.29, 0.717) is 44.1 Å². The average molecular weight is 428 g/mol. The Bertz CT molecular complexity index is 868. The zero-order valence-corrected chi connectivity index (χ0v) is 17.9. The fourth-order valence-electron chi connectivity index (χ4n) is 4.13. The first kappa shape index (κ1) is 21.4. The van der Waals surface area contributed by atoms with Crippen LogP contribution in [0.5, 0.6) is 5.75 Å². The molecule has 2 amide bonds. The van der Waals surface area contributed by atoms with Crippen molar-refractivity contribution in [1.29, 1.82) is 0 Å².